The number of hydrogen-bond donors (Lipinski definition) is 1. The second-order valence-corrected chi connectivity index (χ2v) is 6.84. The zero-order chi connectivity index (χ0) is 16.9. The first kappa shape index (κ1) is 16.6. The number of nitrogens with zero attached hydrogens (tertiary/aromatic N) is 2. The highest BCUT2D eigenvalue weighted by atomic mass is 32.2. The zero-order valence-electron chi connectivity index (χ0n) is 13.3. The molecule has 2 atom stereocenters. The first-order valence-electron chi connectivity index (χ1n) is 7.86. The number of carbonyl (C=O) groups excluding carboxylic acids is 1. The summed E-state index contributed by atoms with van der Waals surface area (Å²) in [5.74, 6) is 0.994. The number of primary amides is 1. The molecule has 2 aromatic carbocycles. The van der Waals surface area contributed by atoms with Gasteiger partial charge in [-0.1, -0.05) is 54.6 Å². The van der Waals surface area contributed by atoms with E-state index in [4.69, 9.17) is 5.73 Å². The number of benzene rings is 2. The summed E-state index contributed by atoms with van der Waals surface area (Å²) in [5, 5.41) is 9.53. The smallest absolute Gasteiger partial charge is 0.235 e. The van der Waals surface area contributed by atoms with Crippen LogP contribution in [-0.4, -0.2) is 34.5 Å². The van der Waals surface area contributed by atoms with Crippen LogP contribution in [0.5, 0.6) is 0 Å². The van der Waals surface area contributed by atoms with Crippen molar-refractivity contribution in [3.63, 3.8) is 0 Å². The molecular weight excluding hydrogens is 318 g/mol. The predicted octanol–water partition coefficient (Wildman–Crippen LogP) is 2.65. The van der Waals surface area contributed by atoms with E-state index in [2.05, 4.69) is 42.5 Å². The highest BCUT2D eigenvalue weighted by Crippen LogP contribution is 2.25. The van der Waals surface area contributed by atoms with Crippen LogP contribution >= 0.6 is 11.8 Å². The number of amides is 1. The number of rotatable bonds is 5. The predicted molar refractivity (Wildman–Crippen MR) is 97.1 cm³/mol. The molecule has 2 N–H and O–H groups in total. The van der Waals surface area contributed by atoms with Crippen molar-refractivity contribution in [2.45, 2.75) is 18.5 Å². The number of nitriles is 1. The van der Waals surface area contributed by atoms with Crippen molar-refractivity contribution in [2.75, 3.05) is 11.6 Å². The number of hydrogen-bond acceptors (Lipinski definition) is 4. The quantitative estimate of drug-likeness (QED) is 0.910. The van der Waals surface area contributed by atoms with Gasteiger partial charge in [-0.25, -0.2) is 0 Å². The first-order chi connectivity index (χ1) is 11.7. The summed E-state index contributed by atoms with van der Waals surface area (Å²) in [4.78, 5) is 13.5. The molecular formula is C19H19N3OS. The fraction of sp³-hybridized carbons (Fsp3) is 0.263. The van der Waals surface area contributed by atoms with Crippen molar-refractivity contribution in [2.24, 2.45) is 5.73 Å². The average Bonchev–Trinajstić information content (AvgIpc) is 3.11. The van der Waals surface area contributed by atoms with Crippen LogP contribution in [0, 0.1) is 11.3 Å². The minimum atomic E-state index is -0.348. The number of thioether (sulfide) groups is 1. The summed E-state index contributed by atoms with van der Waals surface area (Å²) in [6, 6.07) is 20.1. The Labute approximate surface area is 146 Å². The van der Waals surface area contributed by atoms with Gasteiger partial charge in [0.1, 0.15) is 6.04 Å². The molecule has 1 aliphatic heterocycles. The summed E-state index contributed by atoms with van der Waals surface area (Å²) in [6.07, 6.45) is 0.593. The molecule has 1 fully saturated rings. The molecule has 1 saturated heterocycles. The molecule has 0 bridgehead atoms. The second kappa shape index (κ2) is 7.52. The van der Waals surface area contributed by atoms with Crippen LogP contribution in [0.3, 0.4) is 0 Å². The fourth-order valence-electron chi connectivity index (χ4n) is 2.93. The first-order valence-corrected chi connectivity index (χ1v) is 9.01. The van der Waals surface area contributed by atoms with Gasteiger partial charge in [0, 0.05) is 18.1 Å². The van der Waals surface area contributed by atoms with Crippen LogP contribution in [0.15, 0.2) is 54.6 Å². The SMILES string of the molecule is N#C[C@H](Cc1ccc(-c2ccccc2)cc1)N1CSC[C@H]1C(N)=O. The Hall–Kier alpha value is -2.29. The van der Waals surface area contributed by atoms with Crippen LogP contribution in [0.1, 0.15) is 5.56 Å². The van der Waals surface area contributed by atoms with Gasteiger partial charge in [0.15, 0.2) is 0 Å². The third-order valence-electron chi connectivity index (χ3n) is 4.28. The Kier molecular flexibility index (Phi) is 5.19. The summed E-state index contributed by atoms with van der Waals surface area (Å²) >= 11 is 1.65. The summed E-state index contributed by atoms with van der Waals surface area (Å²) < 4.78 is 0. The monoisotopic (exact) mass is 337 g/mol. The molecule has 0 spiro atoms. The molecule has 5 heteroatoms. The second-order valence-electron chi connectivity index (χ2n) is 5.84. The zero-order valence-corrected chi connectivity index (χ0v) is 14.1. The Balaban J connectivity index is 1.73. The van der Waals surface area contributed by atoms with Gasteiger partial charge in [0.05, 0.1) is 12.1 Å². The van der Waals surface area contributed by atoms with E-state index >= 15 is 0 Å². The number of nitrogens with two attached hydrogens (primary N) is 1. The summed E-state index contributed by atoms with van der Waals surface area (Å²) in [7, 11) is 0. The van der Waals surface area contributed by atoms with Gasteiger partial charge < -0.3 is 5.73 Å². The summed E-state index contributed by atoms with van der Waals surface area (Å²) in [5.41, 5.74) is 8.86. The Morgan fingerprint density at radius 3 is 2.50 bits per heavy atom. The summed E-state index contributed by atoms with van der Waals surface area (Å²) in [6.45, 7) is 0. The lowest BCUT2D eigenvalue weighted by Crippen LogP contribution is -2.47. The van der Waals surface area contributed by atoms with Gasteiger partial charge in [-0.05, 0) is 16.7 Å². The van der Waals surface area contributed by atoms with Crippen molar-refractivity contribution < 1.29 is 4.79 Å². The van der Waals surface area contributed by atoms with Crippen LogP contribution in [0.25, 0.3) is 11.1 Å². The van der Waals surface area contributed by atoms with Gasteiger partial charge in [-0.3, -0.25) is 9.69 Å². The minimum absolute atomic E-state index is 0.333. The topological polar surface area (TPSA) is 70.1 Å². The highest BCUT2D eigenvalue weighted by Gasteiger charge is 2.34. The molecule has 0 saturated carbocycles. The van der Waals surface area contributed by atoms with Gasteiger partial charge in [-0.2, -0.15) is 5.26 Å². The molecule has 1 amide bonds. The molecule has 1 aliphatic rings. The van der Waals surface area contributed by atoms with E-state index in [0.717, 1.165) is 11.1 Å². The van der Waals surface area contributed by atoms with E-state index in [0.29, 0.717) is 18.1 Å². The van der Waals surface area contributed by atoms with E-state index in [9.17, 15) is 10.1 Å². The standard InChI is InChI=1S/C19H19N3OS/c20-11-17(22-13-24-12-18(22)19(21)23)10-14-6-8-16(9-7-14)15-4-2-1-3-5-15/h1-9,17-18H,10,12-13H2,(H2,21,23)/t17-,18-/m0/s1. The van der Waals surface area contributed by atoms with Crippen molar-refractivity contribution in [3.8, 4) is 17.2 Å². The molecule has 122 valence electrons. The van der Waals surface area contributed by atoms with Gasteiger partial charge >= 0.3 is 0 Å². The third-order valence-corrected chi connectivity index (χ3v) is 5.32. The minimum Gasteiger partial charge on any atom is -0.368 e. The van der Waals surface area contributed by atoms with E-state index < -0.39 is 0 Å². The molecule has 0 unspecified atom stereocenters. The van der Waals surface area contributed by atoms with Gasteiger partial charge in [0.25, 0.3) is 0 Å². The van der Waals surface area contributed by atoms with Gasteiger partial charge in [-0.15, -0.1) is 11.8 Å². The van der Waals surface area contributed by atoms with Crippen molar-refractivity contribution in [1.82, 2.24) is 4.90 Å². The number of carbonyl (C=O) groups is 1. The maximum absolute atomic E-state index is 11.5. The fourth-order valence-corrected chi connectivity index (χ4v) is 4.19. The van der Waals surface area contributed by atoms with E-state index in [1.54, 1.807) is 11.8 Å². The molecule has 3 rings (SSSR count). The lowest BCUT2D eigenvalue weighted by atomic mass is 10.00. The normalized spacial score (nSPS) is 18.9. The molecule has 0 aromatic heterocycles. The lowest BCUT2D eigenvalue weighted by Gasteiger charge is -2.25. The molecule has 2 aromatic rings. The van der Waals surface area contributed by atoms with Crippen LogP contribution < -0.4 is 5.73 Å². The molecule has 24 heavy (non-hydrogen) atoms. The Morgan fingerprint density at radius 2 is 1.88 bits per heavy atom. The van der Waals surface area contributed by atoms with Gasteiger partial charge in [0.2, 0.25) is 5.91 Å². The maximum Gasteiger partial charge on any atom is 0.235 e. The van der Waals surface area contributed by atoms with Crippen molar-refractivity contribution >= 4 is 17.7 Å². The van der Waals surface area contributed by atoms with E-state index in [1.165, 1.54) is 5.56 Å². The average molecular weight is 337 g/mol. The van der Waals surface area contributed by atoms with Crippen LogP contribution in [0.2, 0.25) is 0 Å². The van der Waals surface area contributed by atoms with Crippen LogP contribution in [-0.2, 0) is 11.2 Å². The lowest BCUT2D eigenvalue weighted by molar-refractivity contribution is -0.122. The van der Waals surface area contributed by atoms with Crippen LogP contribution in [0.4, 0.5) is 0 Å². The van der Waals surface area contributed by atoms with E-state index in [1.807, 2.05) is 23.1 Å². The maximum atomic E-state index is 11.5. The van der Waals surface area contributed by atoms with Crippen molar-refractivity contribution in [3.05, 3.63) is 60.2 Å². The molecule has 0 aliphatic carbocycles. The molecule has 1 heterocycles. The Bertz CT molecular complexity index is 739. The largest absolute Gasteiger partial charge is 0.368 e. The Morgan fingerprint density at radius 1 is 1.21 bits per heavy atom. The van der Waals surface area contributed by atoms with E-state index in [-0.39, 0.29) is 18.0 Å². The molecule has 0 radical (unpaired) electrons. The molecule has 4 nitrogen and oxygen atoms in total. The van der Waals surface area contributed by atoms with Crippen molar-refractivity contribution in [1.29, 1.82) is 5.26 Å². The third kappa shape index (κ3) is 3.61. The highest BCUT2D eigenvalue weighted by molar-refractivity contribution is 7.99.